The molecule has 0 aromatic carbocycles. The second-order valence-electron chi connectivity index (χ2n) is 4.91. The Bertz CT molecular complexity index is 201. The van der Waals surface area contributed by atoms with Crippen LogP contribution in [0.25, 0.3) is 0 Å². The summed E-state index contributed by atoms with van der Waals surface area (Å²) in [4.78, 5) is 0. The highest BCUT2D eigenvalue weighted by molar-refractivity contribution is 4.73. The van der Waals surface area contributed by atoms with Crippen LogP contribution < -0.4 is 0 Å². The van der Waals surface area contributed by atoms with Gasteiger partial charge in [0.05, 0.1) is 24.4 Å². The molecule has 6 nitrogen and oxygen atoms in total. The average Bonchev–Trinajstić information content (AvgIpc) is 2.27. The zero-order valence-corrected chi connectivity index (χ0v) is 10.8. The molecule has 0 aliphatic carbocycles. The third-order valence-corrected chi connectivity index (χ3v) is 3.01. The van der Waals surface area contributed by atoms with Crippen LogP contribution in [0.2, 0.25) is 0 Å². The van der Waals surface area contributed by atoms with E-state index in [9.17, 15) is 20.4 Å². The van der Waals surface area contributed by atoms with Gasteiger partial charge in [-0.3, -0.25) is 0 Å². The number of rotatable bonds is 10. The van der Waals surface area contributed by atoms with Crippen molar-refractivity contribution in [1.82, 2.24) is 0 Å². The molecule has 0 aromatic rings. The molecule has 6 N–H and O–H groups in total. The van der Waals surface area contributed by atoms with E-state index < -0.39 is 24.4 Å². The zero-order valence-electron chi connectivity index (χ0n) is 10.8. The van der Waals surface area contributed by atoms with Crippen LogP contribution in [-0.4, -0.2) is 68.3 Å². The average molecular weight is 266 g/mol. The summed E-state index contributed by atoms with van der Waals surface area (Å²) in [5.74, 6) is -0.322. The normalized spacial score (nSPS) is 20.2. The highest BCUT2D eigenvalue weighted by Gasteiger charge is 2.21. The molecule has 5 atom stereocenters. The Morgan fingerprint density at radius 2 is 1.28 bits per heavy atom. The van der Waals surface area contributed by atoms with E-state index in [1.54, 1.807) is 6.92 Å². The Kier molecular flexibility index (Phi) is 9.53. The van der Waals surface area contributed by atoms with E-state index >= 15 is 0 Å². The number of aliphatic hydroxyl groups excluding tert-OH is 6. The largest absolute Gasteiger partial charge is 0.396 e. The summed E-state index contributed by atoms with van der Waals surface area (Å²) in [6.45, 7) is 1.35. The molecule has 0 fully saturated rings. The van der Waals surface area contributed by atoms with E-state index in [0.717, 1.165) is 0 Å². The SMILES string of the molecule is C[C@H](CO)[C@H](O)C[C@@H](O)C[C@H](O)C[C@@H](O)CCO. The third-order valence-electron chi connectivity index (χ3n) is 3.01. The van der Waals surface area contributed by atoms with Gasteiger partial charge in [-0.2, -0.15) is 0 Å². The fourth-order valence-electron chi connectivity index (χ4n) is 1.72. The van der Waals surface area contributed by atoms with E-state index in [-0.39, 0.29) is 44.8 Å². The van der Waals surface area contributed by atoms with Crippen molar-refractivity contribution in [1.29, 1.82) is 0 Å². The van der Waals surface area contributed by atoms with E-state index in [0.29, 0.717) is 0 Å². The Morgan fingerprint density at radius 1 is 0.778 bits per heavy atom. The minimum Gasteiger partial charge on any atom is -0.396 e. The minimum absolute atomic E-state index is 0.0533. The Balaban J connectivity index is 3.89. The molecule has 18 heavy (non-hydrogen) atoms. The molecule has 0 heterocycles. The highest BCUT2D eigenvalue weighted by Crippen LogP contribution is 2.14. The third kappa shape index (κ3) is 7.97. The standard InChI is InChI=1S/C12H26O6/c1-8(7-14)12(18)6-11(17)5-10(16)4-9(15)2-3-13/h8-18H,2-7H2,1H3/t8-,9+,10-,11+,12-/m1/s1. The molecule has 0 unspecified atom stereocenters. The van der Waals surface area contributed by atoms with Crippen LogP contribution in [0.15, 0.2) is 0 Å². The smallest absolute Gasteiger partial charge is 0.0612 e. The molecule has 0 bridgehead atoms. The lowest BCUT2D eigenvalue weighted by molar-refractivity contribution is -0.00236. The van der Waals surface area contributed by atoms with Crippen molar-refractivity contribution in [3.05, 3.63) is 0 Å². The molecular formula is C12H26O6. The Hall–Kier alpha value is -0.240. The maximum absolute atomic E-state index is 9.64. The van der Waals surface area contributed by atoms with Crippen LogP contribution in [0.1, 0.15) is 32.6 Å². The monoisotopic (exact) mass is 266 g/mol. The molecule has 0 saturated heterocycles. The lowest BCUT2D eigenvalue weighted by Crippen LogP contribution is -2.29. The van der Waals surface area contributed by atoms with Crippen LogP contribution in [0.4, 0.5) is 0 Å². The summed E-state index contributed by atoms with van der Waals surface area (Å²) >= 11 is 0. The van der Waals surface area contributed by atoms with Crippen molar-refractivity contribution in [2.45, 2.75) is 57.0 Å². The molecule has 0 amide bonds. The molecule has 0 aliphatic heterocycles. The van der Waals surface area contributed by atoms with Crippen LogP contribution in [0.5, 0.6) is 0 Å². The zero-order chi connectivity index (χ0) is 14.1. The maximum Gasteiger partial charge on any atom is 0.0612 e. The van der Waals surface area contributed by atoms with Crippen molar-refractivity contribution >= 4 is 0 Å². The van der Waals surface area contributed by atoms with E-state index in [2.05, 4.69) is 0 Å². The fourth-order valence-corrected chi connectivity index (χ4v) is 1.72. The van der Waals surface area contributed by atoms with Crippen LogP contribution in [0.3, 0.4) is 0 Å². The van der Waals surface area contributed by atoms with Gasteiger partial charge in [-0.1, -0.05) is 6.92 Å². The van der Waals surface area contributed by atoms with Gasteiger partial charge in [0.15, 0.2) is 0 Å². The van der Waals surface area contributed by atoms with Gasteiger partial charge in [0, 0.05) is 19.1 Å². The first-order valence-corrected chi connectivity index (χ1v) is 6.34. The van der Waals surface area contributed by atoms with E-state index in [4.69, 9.17) is 10.2 Å². The molecule has 0 saturated carbocycles. The summed E-state index contributed by atoms with van der Waals surface area (Å²) in [6.07, 6.45) is -2.96. The van der Waals surface area contributed by atoms with Gasteiger partial charge in [0.25, 0.3) is 0 Å². The number of aliphatic hydroxyl groups is 6. The summed E-state index contributed by atoms with van der Waals surface area (Å²) in [5.41, 5.74) is 0. The summed E-state index contributed by atoms with van der Waals surface area (Å²) < 4.78 is 0. The summed E-state index contributed by atoms with van der Waals surface area (Å²) in [5, 5.41) is 55.6. The van der Waals surface area contributed by atoms with Crippen LogP contribution in [0, 0.1) is 5.92 Å². The van der Waals surface area contributed by atoms with Gasteiger partial charge in [0.2, 0.25) is 0 Å². The number of hydrogen-bond donors (Lipinski definition) is 6. The fraction of sp³-hybridized carbons (Fsp3) is 1.00. The van der Waals surface area contributed by atoms with Gasteiger partial charge >= 0.3 is 0 Å². The first kappa shape index (κ1) is 17.8. The van der Waals surface area contributed by atoms with Crippen molar-refractivity contribution < 1.29 is 30.6 Å². The molecular weight excluding hydrogens is 240 g/mol. The van der Waals surface area contributed by atoms with E-state index in [1.165, 1.54) is 0 Å². The predicted octanol–water partition coefficient (Wildman–Crippen LogP) is -1.39. The molecule has 110 valence electrons. The van der Waals surface area contributed by atoms with Gasteiger partial charge in [0.1, 0.15) is 0 Å². The van der Waals surface area contributed by atoms with Gasteiger partial charge in [-0.25, -0.2) is 0 Å². The topological polar surface area (TPSA) is 121 Å². The lowest BCUT2D eigenvalue weighted by atomic mass is 9.95. The summed E-state index contributed by atoms with van der Waals surface area (Å²) in [7, 11) is 0. The molecule has 0 radical (unpaired) electrons. The predicted molar refractivity (Wildman–Crippen MR) is 65.8 cm³/mol. The van der Waals surface area contributed by atoms with Crippen LogP contribution in [-0.2, 0) is 0 Å². The quantitative estimate of drug-likeness (QED) is 0.289. The molecule has 0 rings (SSSR count). The Labute approximate surface area is 108 Å². The first-order valence-electron chi connectivity index (χ1n) is 6.34. The lowest BCUT2D eigenvalue weighted by Gasteiger charge is -2.22. The molecule has 0 aliphatic rings. The van der Waals surface area contributed by atoms with Gasteiger partial charge in [-0.05, 0) is 25.7 Å². The maximum atomic E-state index is 9.64. The van der Waals surface area contributed by atoms with Crippen molar-refractivity contribution in [2.75, 3.05) is 13.2 Å². The van der Waals surface area contributed by atoms with Crippen molar-refractivity contribution in [3.8, 4) is 0 Å². The second-order valence-corrected chi connectivity index (χ2v) is 4.91. The van der Waals surface area contributed by atoms with Crippen LogP contribution >= 0.6 is 0 Å². The second kappa shape index (κ2) is 9.66. The van der Waals surface area contributed by atoms with Crippen molar-refractivity contribution in [3.63, 3.8) is 0 Å². The minimum atomic E-state index is -0.884. The van der Waals surface area contributed by atoms with Gasteiger partial charge < -0.3 is 30.6 Å². The Morgan fingerprint density at radius 3 is 1.78 bits per heavy atom. The van der Waals surface area contributed by atoms with Gasteiger partial charge in [-0.15, -0.1) is 0 Å². The van der Waals surface area contributed by atoms with Crippen molar-refractivity contribution in [2.24, 2.45) is 5.92 Å². The number of hydrogen-bond acceptors (Lipinski definition) is 6. The molecule has 0 aromatic heterocycles. The first-order chi connectivity index (χ1) is 8.40. The molecule has 6 heteroatoms. The molecule has 0 spiro atoms. The highest BCUT2D eigenvalue weighted by atomic mass is 16.3. The summed E-state index contributed by atoms with van der Waals surface area (Å²) in [6, 6.07) is 0. The van der Waals surface area contributed by atoms with E-state index in [1.807, 2.05) is 0 Å².